The second kappa shape index (κ2) is 6.62. The van der Waals surface area contributed by atoms with E-state index in [9.17, 15) is 14.0 Å². The lowest BCUT2D eigenvalue weighted by Gasteiger charge is -2.07. The smallest absolute Gasteiger partial charge is 0.339 e. The first kappa shape index (κ1) is 15.9. The fourth-order valence-corrected chi connectivity index (χ4v) is 3.10. The van der Waals surface area contributed by atoms with Gasteiger partial charge in [0.05, 0.1) is 5.56 Å². The maximum atomic E-state index is 13.2. The molecule has 5 heteroatoms. The van der Waals surface area contributed by atoms with Gasteiger partial charge in [-0.15, -0.1) is 0 Å². The predicted molar refractivity (Wildman–Crippen MR) is 87.2 cm³/mol. The van der Waals surface area contributed by atoms with Gasteiger partial charge in [-0.3, -0.25) is 4.79 Å². The van der Waals surface area contributed by atoms with Gasteiger partial charge in [-0.25, -0.2) is 9.18 Å². The Morgan fingerprint density at radius 2 is 1.87 bits per heavy atom. The number of hydrogen-bond acceptors (Lipinski definition) is 3. The van der Waals surface area contributed by atoms with Gasteiger partial charge in [-0.2, -0.15) is 0 Å². The first-order valence-electron chi connectivity index (χ1n) is 7.32. The summed E-state index contributed by atoms with van der Waals surface area (Å²) in [4.78, 5) is 24.1. The van der Waals surface area contributed by atoms with Crippen LogP contribution in [0, 0.1) is 5.82 Å². The van der Waals surface area contributed by atoms with Crippen molar-refractivity contribution >= 4 is 27.7 Å². The topological polar surface area (TPSA) is 43.4 Å². The van der Waals surface area contributed by atoms with Gasteiger partial charge in [-0.05, 0) is 70.6 Å². The van der Waals surface area contributed by atoms with Gasteiger partial charge in [0.15, 0.2) is 12.4 Å². The van der Waals surface area contributed by atoms with Crippen LogP contribution in [0.3, 0.4) is 0 Å². The Labute approximate surface area is 141 Å². The number of fused-ring (bicyclic) bond motifs is 1. The maximum Gasteiger partial charge on any atom is 0.339 e. The Morgan fingerprint density at radius 3 is 2.70 bits per heavy atom. The third-order valence-corrected chi connectivity index (χ3v) is 4.59. The second-order valence-corrected chi connectivity index (χ2v) is 6.31. The molecule has 0 atom stereocenters. The van der Waals surface area contributed by atoms with Crippen molar-refractivity contribution in [3.8, 4) is 0 Å². The number of benzene rings is 2. The minimum atomic E-state index is -0.731. The number of Topliss-reactive ketones (excluding diaryl/α,β-unsaturated/α-hetero) is 1. The van der Waals surface area contributed by atoms with Crippen LogP contribution in [0.25, 0.3) is 0 Å². The third kappa shape index (κ3) is 3.50. The van der Waals surface area contributed by atoms with Crippen LogP contribution >= 0.6 is 15.9 Å². The molecule has 23 heavy (non-hydrogen) atoms. The van der Waals surface area contributed by atoms with E-state index >= 15 is 0 Å². The number of aryl methyl sites for hydroxylation is 2. The van der Waals surface area contributed by atoms with Crippen molar-refractivity contribution in [1.82, 2.24) is 0 Å². The number of halogens is 2. The zero-order chi connectivity index (χ0) is 16.4. The van der Waals surface area contributed by atoms with Crippen LogP contribution in [0.1, 0.15) is 38.3 Å². The Hall–Kier alpha value is -2.01. The highest BCUT2D eigenvalue weighted by molar-refractivity contribution is 9.10. The quantitative estimate of drug-likeness (QED) is 0.595. The molecule has 3 nitrogen and oxygen atoms in total. The molecule has 0 unspecified atom stereocenters. The summed E-state index contributed by atoms with van der Waals surface area (Å²) in [7, 11) is 0. The van der Waals surface area contributed by atoms with Crippen LogP contribution in [-0.4, -0.2) is 18.4 Å². The number of carbonyl (C=O) groups is 2. The molecule has 1 aliphatic rings. The Kier molecular flexibility index (Phi) is 4.57. The van der Waals surface area contributed by atoms with Crippen molar-refractivity contribution in [2.24, 2.45) is 0 Å². The summed E-state index contributed by atoms with van der Waals surface area (Å²) in [5.74, 6) is -1.53. The number of ketones is 1. The zero-order valence-electron chi connectivity index (χ0n) is 12.3. The molecule has 2 aromatic carbocycles. The summed E-state index contributed by atoms with van der Waals surface area (Å²) in [5.41, 5.74) is 3.07. The van der Waals surface area contributed by atoms with E-state index < -0.39 is 11.8 Å². The summed E-state index contributed by atoms with van der Waals surface area (Å²) in [6.07, 6.45) is 3.13. The van der Waals surface area contributed by atoms with Crippen LogP contribution in [0.15, 0.2) is 40.9 Å². The minimum absolute atomic E-state index is 0.0618. The monoisotopic (exact) mass is 376 g/mol. The number of rotatable bonds is 4. The number of esters is 1. The fraction of sp³-hybridized carbons (Fsp3) is 0.222. The summed E-state index contributed by atoms with van der Waals surface area (Å²) in [5, 5.41) is 0. The number of carbonyl (C=O) groups excluding carboxylic acids is 2. The van der Waals surface area contributed by atoms with Gasteiger partial charge in [0.25, 0.3) is 0 Å². The molecule has 0 aliphatic heterocycles. The molecule has 0 amide bonds. The van der Waals surface area contributed by atoms with Gasteiger partial charge < -0.3 is 4.74 Å². The van der Waals surface area contributed by atoms with Crippen LogP contribution in [0.4, 0.5) is 4.39 Å². The number of ether oxygens (including phenoxy) is 1. The average Bonchev–Trinajstić information content (AvgIpc) is 3.02. The Balaban J connectivity index is 1.67. The van der Waals surface area contributed by atoms with Gasteiger partial charge in [0, 0.05) is 10.0 Å². The minimum Gasteiger partial charge on any atom is -0.454 e. The van der Waals surface area contributed by atoms with Crippen LogP contribution < -0.4 is 0 Å². The normalized spacial score (nSPS) is 12.8. The maximum absolute atomic E-state index is 13.2. The number of hydrogen-bond donors (Lipinski definition) is 0. The van der Waals surface area contributed by atoms with Crippen molar-refractivity contribution in [3.05, 3.63) is 68.9 Å². The van der Waals surface area contributed by atoms with Crippen molar-refractivity contribution in [1.29, 1.82) is 0 Å². The Bertz CT molecular complexity index is 786. The molecular weight excluding hydrogens is 363 g/mol. The van der Waals surface area contributed by atoms with Crippen LogP contribution in [0.5, 0.6) is 0 Å². The van der Waals surface area contributed by atoms with E-state index in [0.717, 1.165) is 25.3 Å². The van der Waals surface area contributed by atoms with Gasteiger partial charge in [0.2, 0.25) is 0 Å². The molecular formula is C18H14BrFO3. The van der Waals surface area contributed by atoms with E-state index in [0.29, 0.717) is 10.0 Å². The first-order chi connectivity index (χ1) is 11.0. The molecule has 0 bridgehead atoms. The first-order valence-corrected chi connectivity index (χ1v) is 8.11. The largest absolute Gasteiger partial charge is 0.454 e. The average molecular weight is 377 g/mol. The van der Waals surface area contributed by atoms with E-state index in [1.807, 2.05) is 12.1 Å². The highest BCUT2D eigenvalue weighted by atomic mass is 79.9. The van der Waals surface area contributed by atoms with E-state index in [2.05, 4.69) is 15.9 Å². The van der Waals surface area contributed by atoms with Gasteiger partial charge in [0.1, 0.15) is 5.82 Å². The predicted octanol–water partition coefficient (Wildman–Crippen LogP) is 4.12. The summed E-state index contributed by atoms with van der Waals surface area (Å²) >= 11 is 3.16. The molecule has 0 aromatic heterocycles. The lowest BCUT2D eigenvalue weighted by Crippen LogP contribution is -2.15. The zero-order valence-corrected chi connectivity index (χ0v) is 13.9. The van der Waals surface area contributed by atoms with Crippen LogP contribution in [0.2, 0.25) is 0 Å². The molecule has 1 aliphatic carbocycles. The molecule has 0 saturated heterocycles. The molecule has 0 radical (unpaired) electrons. The molecule has 118 valence electrons. The van der Waals surface area contributed by atoms with Crippen molar-refractivity contribution in [2.45, 2.75) is 19.3 Å². The van der Waals surface area contributed by atoms with Crippen LogP contribution in [-0.2, 0) is 17.6 Å². The lowest BCUT2D eigenvalue weighted by atomic mass is 10.0. The van der Waals surface area contributed by atoms with Gasteiger partial charge in [-0.1, -0.05) is 12.1 Å². The second-order valence-electron chi connectivity index (χ2n) is 5.46. The molecule has 3 rings (SSSR count). The van der Waals surface area contributed by atoms with E-state index in [-0.39, 0.29) is 18.0 Å². The standard InChI is InChI=1S/C18H14BrFO3/c19-16-7-6-14(20)9-15(16)18(22)23-10-17(21)13-5-4-11-2-1-3-12(11)8-13/h4-9H,1-3,10H2. The van der Waals surface area contributed by atoms with E-state index in [4.69, 9.17) is 4.74 Å². The van der Waals surface area contributed by atoms with Gasteiger partial charge >= 0.3 is 5.97 Å². The highest BCUT2D eigenvalue weighted by Gasteiger charge is 2.17. The molecule has 0 N–H and O–H groups in total. The molecule has 2 aromatic rings. The summed E-state index contributed by atoms with van der Waals surface area (Å²) in [6.45, 7) is -0.361. The van der Waals surface area contributed by atoms with E-state index in [1.54, 1.807) is 6.07 Å². The van der Waals surface area contributed by atoms with Crippen molar-refractivity contribution < 1.29 is 18.7 Å². The summed E-state index contributed by atoms with van der Waals surface area (Å²) < 4.78 is 18.6. The lowest BCUT2D eigenvalue weighted by molar-refractivity contribution is 0.0473. The van der Waals surface area contributed by atoms with Crippen molar-refractivity contribution in [2.75, 3.05) is 6.61 Å². The highest BCUT2D eigenvalue weighted by Crippen LogP contribution is 2.23. The third-order valence-electron chi connectivity index (χ3n) is 3.90. The molecule has 0 heterocycles. The SMILES string of the molecule is O=C(COC(=O)c1cc(F)ccc1Br)c1ccc2c(c1)CCC2. The van der Waals surface area contributed by atoms with Crippen molar-refractivity contribution in [3.63, 3.8) is 0 Å². The molecule has 0 saturated carbocycles. The van der Waals surface area contributed by atoms with E-state index in [1.165, 1.54) is 23.3 Å². The summed E-state index contributed by atoms with van der Waals surface area (Å²) in [6, 6.07) is 9.33. The Morgan fingerprint density at radius 1 is 1.09 bits per heavy atom. The molecule has 0 spiro atoms. The fourth-order valence-electron chi connectivity index (χ4n) is 2.69. The molecule has 0 fully saturated rings.